The smallest absolute Gasteiger partial charge is 0.273 e. The summed E-state index contributed by atoms with van der Waals surface area (Å²) in [5.74, 6) is -0.0109. The Kier molecular flexibility index (Phi) is 5.03. The number of aliphatic hydroxyl groups is 1. The Bertz CT molecular complexity index is 681. The lowest BCUT2D eigenvalue weighted by atomic mass is 9.98. The van der Waals surface area contributed by atoms with Crippen molar-refractivity contribution in [2.75, 3.05) is 19.7 Å². The lowest BCUT2D eigenvalue weighted by Crippen LogP contribution is -2.39. The van der Waals surface area contributed by atoms with Gasteiger partial charge in [-0.3, -0.25) is 4.79 Å². The molecule has 3 rings (SSSR count). The SMILES string of the molecule is O=C(c1csc(Cc2cccc(F)c2)n1)N1CCC(CO)CC1. The molecule has 4 nitrogen and oxygen atoms in total. The highest BCUT2D eigenvalue weighted by Crippen LogP contribution is 2.20. The molecule has 1 fully saturated rings. The molecule has 0 atom stereocenters. The summed E-state index contributed by atoms with van der Waals surface area (Å²) in [6, 6.07) is 6.43. The molecule has 23 heavy (non-hydrogen) atoms. The van der Waals surface area contributed by atoms with E-state index in [9.17, 15) is 9.18 Å². The van der Waals surface area contributed by atoms with E-state index in [4.69, 9.17) is 5.11 Å². The molecule has 0 unspecified atom stereocenters. The Hall–Kier alpha value is -1.79. The number of carbonyl (C=O) groups excluding carboxylic acids is 1. The van der Waals surface area contributed by atoms with Crippen molar-refractivity contribution in [3.05, 3.63) is 51.7 Å². The van der Waals surface area contributed by atoms with E-state index in [2.05, 4.69) is 4.98 Å². The van der Waals surface area contributed by atoms with Crippen LogP contribution in [-0.2, 0) is 6.42 Å². The van der Waals surface area contributed by atoms with E-state index in [-0.39, 0.29) is 18.3 Å². The third-order valence-electron chi connectivity index (χ3n) is 4.18. The van der Waals surface area contributed by atoms with Gasteiger partial charge in [0.15, 0.2) is 0 Å². The van der Waals surface area contributed by atoms with E-state index < -0.39 is 0 Å². The number of hydrogen-bond donors (Lipinski definition) is 1. The molecular formula is C17H19FN2O2S. The number of amides is 1. The molecule has 1 saturated heterocycles. The first-order valence-corrected chi connectivity index (χ1v) is 8.62. The third kappa shape index (κ3) is 3.95. The maximum absolute atomic E-state index is 13.2. The largest absolute Gasteiger partial charge is 0.396 e. The van der Waals surface area contributed by atoms with Crippen LogP contribution in [0.2, 0.25) is 0 Å². The third-order valence-corrected chi connectivity index (χ3v) is 5.02. The van der Waals surface area contributed by atoms with E-state index in [1.54, 1.807) is 16.3 Å². The van der Waals surface area contributed by atoms with Crippen LogP contribution in [0.5, 0.6) is 0 Å². The molecule has 1 amide bonds. The second-order valence-electron chi connectivity index (χ2n) is 5.85. The zero-order chi connectivity index (χ0) is 16.2. The van der Waals surface area contributed by atoms with Crippen LogP contribution in [0.25, 0.3) is 0 Å². The van der Waals surface area contributed by atoms with E-state index in [0.717, 1.165) is 23.4 Å². The number of benzene rings is 1. The van der Waals surface area contributed by atoms with E-state index in [1.807, 2.05) is 6.07 Å². The van der Waals surface area contributed by atoms with Crippen LogP contribution < -0.4 is 0 Å². The number of thiazole rings is 1. The minimum Gasteiger partial charge on any atom is -0.396 e. The summed E-state index contributed by atoms with van der Waals surface area (Å²) in [5, 5.41) is 11.7. The highest BCUT2D eigenvalue weighted by molar-refractivity contribution is 7.09. The van der Waals surface area contributed by atoms with Gasteiger partial charge in [0.25, 0.3) is 5.91 Å². The Morgan fingerprint density at radius 2 is 2.17 bits per heavy atom. The van der Waals surface area contributed by atoms with Crippen LogP contribution >= 0.6 is 11.3 Å². The van der Waals surface area contributed by atoms with Crippen molar-refractivity contribution in [2.45, 2.75) is 19.3 Å². The summed E-state index contributed by atoms with van der Waals surface area (Å²) in [6.07, 6.45) is 2.20. The maximum atomic E-state index is 13.2. The minimum atomic E-state index is -0.262. The van der Waals surface area contributed by atoms with Crippen LogP contribution in [0.4, 0.5) is 4.39 Å². The van der Waals surface area contributed by atoms with Crippen molar-refractivity contribution in [2.24, 2.45) is 5.92 Å². The van der Waals surface area contributed by atoms with Gasteiger partial charge in [-0.2, -0.15) is 0 Å². The fourth-order valence-corrected chi connectivity index (χ4v) is 3.59. The number of halogens is 1. The van der Waals surface area contributed by atoms with Gasteiger partial charge >= 0.3 is 0 Å². The van der Waals surface area contributed by atoms with Gasteiger partial charge in [0.2, 0.25) is 0 Å². The van der Waals surface area contributed by atoms with Crippen molar-refractivity contribution in [1.82, 2.24) is 9.88 Å². The van der Waals surface area contributed by atoms with Gasteiger partial charge in [-0.1, -0.05) is 12.1 Å². The van der Waals surface area contributed by atoms with Crippen molar-refractivity contribution >= 4 is 17.2 Å². The Labute approximate surface area is 138 Å². The standard InChI is InChI=1S/C17H19FN2O2S/c18-14-3-1-2-13(8-14)9-16-19-15(11-23-16)17(22)20-6-4-12(10-21)5-7-20/h1-3,8,11-12,21H,4-7,9-10H2. The van der Waals surface area contributed by atoms with E-state index in [0.29, 0.717) is 31.1 Å². The molecule has 0 spiro atoms. The van der Waals surface area contributed by atoms with Gasteiger partial charge in [-0.25, -0.2) is 9.37 Å². The van der Waals surface area contributed by atoms with Gasteiger partial charge < -0.3 is 10.0 Å². The average Bonchev–Trinajstić information content (AvgIpc) is 3.03. The summed E-state index contributed by atoms with van der Waals surface area (Å²) in [7, 11) is 0. The minimum absolute atomic E-state index is 0.0527. The van der Waals surface area contributed by atoms with Crippen molar-refractivity contribution < 1.29 is 14.3 Å². The van der Waals surface area contributed by atoms with Crippen LogP contribution in [0.3, 0.4) is 0 Å². The molecule has 0 radical (unpaired) electrons. The molecule has 1 aliphatic rings. The average molecular weight is 334 g/mol. The number of hydrogen-bond acceptors (Lipinski definition) is 4. The lowest BCUT2D eigenvalue weighted by molar-refractivity contribution is 0.0646. The number of rotatable bonds is 4. The molecule has 1 N–H and O–H groups in total. The van der Waals surface area contributed by atoms with Gasteiger partial charge in [0.05, 0.1) is 5.01 Å². The fourth-order valence-electron chi connectivity index (χ4n) is 2.79. The number of nitrogens with zero attached hydrogens (tertiary/aromatic N) is 2. The van der Waals surface area contributed by atoms with Crippen LogP contribution in [0, 0.1) is 11.7 Å². The predicted octanol–water partition coefficient (Wildman–Crippen LogP) is 2.72. The maximum Gasteiger partial charge on any atom is 0.273 e. The van der Waals surface area contributed by atoms with Crippen molar-refractivity contribution in [3.63, 3.8) is 0 Å². The van der Waals surface area contributed by atoms with Gasteiger partial charge in [-0.05, 0) is 36.5 Å². The highest BCUT2D eigenvalue weighted by atomic mass is 32.1. The monoisotopic (exact) mass is 334 g/mol. The van der Waals surface area contributed by atoms with Gasteiger partial charge in [-0.15, -0.1) is 11.3 Å². The van der Waals surface area contributed by atoms with Crippen LogP contribution in [-0.4, -0.2) is 40.6 Å². The number of piperidine rings is 1. The molecule has 2 aromatic rings. The molecule has 2 heterocycles. The number of likely N-dealkylation sites (tertiary alicyclic amines) is 1. The summed E-state index contributed by atoms with van der Waals surface area (Å²) < 4.78 is 13.2. The number of aromatic nitrogens is 1. The quantitative estimate of drug-likeness (QED) is 0.935. The van der Waals surface area contributed by atoms with Crippen LogP contribution in [0.15, 0.2) is 29.6 Å². The predicted molar refractivity (Wildman–Crippen MR) is 87.0 cm³/mol. The molecule has 0 bridgehead atoms. The molecule has 1 aliphatic heterocycles. The summed E-state index contributed by atoms with van der Waals surface area (Å²) in [5.41, 5.74) is 1.31. The molecular weight excluding hydrogens is 315 g/mol. The second kappa shape index (κ2) is 7.19. The van der Waals surface area contributed by atoms with Crippen molar-refractivity contribution in [3.8, 4) is 0 Å². The first kappa shape index (κ1) is 16.1. The number of aliphatic hydroxyl groups excluding tert-OH is 1. The van der Waals surface area contributed by atoms with E-state index >= 15 is 0 Å². The molecule has 1 aromatic carbocycles. The zero-order valence-corrected chi connectivity index (χ0v) is 13.6. The summed E-state index contributed by atoms with van der Waals surface area (Å²) in [6.45, 7) is 1.53. The fraction of sp³-hybridized carbons (Fsp3) is 0.412. The van der Waals surface area contributed by atoms with Crippen molar-refractivity contribution in [1.29, 1.82) is 0 Å². The molecule has 1 aromatic heterocycles. The van der Waals surface area contributed by atoms with Crippen LogP contribution in [0.1, 0.15) is 33.9 Å². The lowest BCUT2D eigenvalue weighted by Gasteiger charge is -2.30. The van der Waals surface area contributed by atoms with Gasteiger partial charge in [0, 0.05) is 31.5 Å². The molecule has 0 aliphatic carbocycles. The normalized spacial score (nSPS) is 15.8. The summed E-state index contributed by atoms with van der Waals surface area (Å²) >= 11 is 1.43. The summed E-state index contributed by atoms with van der Waals surface area (Å²) in [4.78, 5) is 18.7. The zero-order valence-electron chi connectivity index (χ0n) is 12.7. The number of carbonyl (C=O) groups is 1. The highest BCUT2D eigenvalue weighted by Gasteiger charge is 2.24. The first-order chi connectivity index (χ1) is 11.2. The first-order valence-electron chi connectivity index (χ1n) is 7.74. The van der Waals surface area contributed by atoms with Gasteiger partial charge in [0.1, 0.15) is 11.5 Å². The molecule has 6 heteroatoms. The Balaban J connectivity index is 1.63. The Morgan fingerprint density at radius 1 is 1.39 bits per heavy atom. The second-order valence-corrected chi connectivity index (χ2v) is 6.79. The van der Waals surface area contributed by atoms with E-state index in [1.165, 1.54) is 23.5 Å². The Morgan fingerprint density at radius 3 is 2.87 bits per heavy atom. The molecule has 122 valence electrons. The molecule has 0 saturated carbocycles. The topological polar surface area (TPSA) is 53.4 Å².